The second-order valence-electron chi connectivity index (χ2n) is 3.84. The van der Waals surface area contributed by atoms with Crippen LogP contribution >= 0.6 is 23.2 Å². The molecule has 20 heavy (non-hydrogen) atoms. The van der Waals surface area contributed by atoms with Crippen LogP contribution in [0.4, 0.5) is 0 Å². The highest BCUT2D eigenvalue weighted by atomic mass is 35.5. The molecule has 0 atom stereocenters. The molecule has 0 bridgehead atoms. The SMILES string of the molecule is Clc1cccc(Cl)c1-n1cccc1.O=Cc1ccoc1. The summed E-state index contributed by atoms with van der Waals surface area (Å²) in [5.41, 5.74) is 1.41. The maximum atomic E-state index is 9.81. The smallest absolute Gasteiger partial charge is 0.153 e. The van der Waals surface area contributed by atoms with E-state index in [1.54, 1.807) is 6.07 Å². The number of hydrogen-bond acceptors (Lipinski definition) is 2. The van der Waals surface area contributed by atoms with Gasteiger partial charge in [-0.2, -0.15) is 0 Å². The number of furan rings is 1. The van der Waals surface area contributed by atoms with Gasteiger partial charge in [0.05, 0.1) is 27.6 Å². The molecule has 3 rings (SSSR count). The number of benzene rings is 1. The number of nitrogens with zero attached hydrogens (tertiary/aromatic N) is 1. The summed E-state index contributed by atoms with van der Waals surface area (Å²) in [6.07, 6.45) is 7.42. The summed E-state index contributed by atoms with van der Waals surface area (Å²) >= 11 is 12.0. The molecule has 0 radical (unpaired) electrons. The van der Waals surface area contributed by atoms with Gasteiger partial charge >= 0.3 is 0 Å². The molecule has 0 N–H and O–H groups in total. The van der Waals surface area contributed by atoms with Crippen LogP contribution in [0.5, 0.6) is 0 Å². The van der Waals surface area contributed by atoms with Gasteiger partial charge < -0.3 is 8.98 Å². The first-order chi connectivity index (χ1) is 9.72. The van der Waals surface area contributed by atoms with Gasteiger partial charge in [0, 0.05) is 12.4 Å². The monoisotopic (exact) mass is 307 g/mol. The fraction of sp³-hybridized carbons (Fsp3) is 0. The van der Waals surface area contributed by atoms with Crippen LogP contribution in [0.1, 0.15) is 10.4 Å². The Morgan fingerprint density at radius 1 is 1.00 bits per heavy atom. The molecule has 2 heterocycles. The van der Waals surface area contributed by atoms with Gasteiger partial charge in [0.15, 0.2) is 6.29 Å². The maximum Gasteiger partial charge on any atom is 0.153 e. The van der Waals surface area contributed by atoms with Crippen LogP contribution < -0.4 is 0 Å². The van der Waals surface area contributed by atoms with E-state index in [-0.39, 0.29) is 0 Å². The Morgan fingerprint density at radius 3 is 2.10 bits per heavy atom. The molecule has 0 aliphatic heterocycles. The van der Waals surface area contributed by atoms with Crippen LogP contribution in [0.3, 0.4) is 0 Å². The fourth-order valence-electron chi connectivity index (χ4n) is 1.56. The lowest BCUT2D eigenvalue weighted by atomic mass is 10.3. The molecule has 0 aliphatic rings. The zero-order valence-electron chi connectivity index (χ0n) is 10.4. The topological polar surface area (TPSA) is 35.1 Å². The highest BCUT2D eigenvalue weighted by molar-refractivity contribution is 6.37. The van der Waals surface area contributed by atoms with Crippen molar-refractivity contribution in [3.8, 4) is 5.69 Å². The predicted molar refractivity (Wildman–Crippen MR) is 79.9 cm³/mol. The summed E-state index contributed by atoms with van der Waals surface area (Å²) < 4.78 is 6.47. The van der Waals surface area contributed by atoms with Gasteiger partial charge in [0.2, 0.25) is 0 Å². The number of carbonyl (C=O) groups is 1. The standard InChI is InChI=1S/C10H7Cl2N.C5H4O2/c11-8-4-3-5-9(12)10(8)13-6-1-2-7-13;6-3-5-1-2-7-4-5/h1-7H;1-4H. The van der Waals surface area contributed by atoms with Gasteiger partial charge in [-0.3, -0.25) is 4.79 Å². The lowest BCUT2D eigenvalue weighted by Gasteiger charge is -2.07. The molecule has 0 aliphatic carbocycles. The molecular formula is C15H11Cl2NO2. The van der Waals surface area contributed by atoms with E-state index in [4.69, 9.17) is 23.2 Å². The Labute approximate surface area is 126 Å². The lowest BCUT2D eigenvalue weighted by molar-refractivity contribution is 0.112. The Bertz CT molecular complexity index is 641. The Morgan fingerprint density at radius 2 is 1.65 bits per heavy atom. The Balaban J connectivity index is 0.000000178. The number of halogens is 2. The number of aromatic nitrogens is 1. The zero-order chi connectivity index (χ0) is 14.4. The van der Waals surface area contributed by atoms with Crippen LogP contribution in [-0.2, 0) is 0 Å². The highest BCUT2D eigenvalue weighted by Crippen LogP contribution is 2.27. The summed E-state index contributed by atoms with van der Waals surface area (Å²) in [5.74, 6) is 0. The molecule has 0 saturated heterocycles. The highest BCUT2D eigenvalue weighted by Gasteiger charge is 2.05. The minimum absolute atomic E-state index is 0.583. The normalized spacial score (nSPS) is 9.70. The first kappa shape index (κ1) is 14.4. The van der Waals surface area contributed by atoms with Gasteiger partial charge in [-0.05, 0) is 30.3 Å². The van der Waals surface area contributed by atoms with Crippen molar-refractivity contribution >= 4 is 29.5 Å². The molecule has 102 valence electrons. The molecule has 0 unspecified atom stereocenters. The van der Waals surface area contributed by atoms with Crippen molar-refractivity contribution in [3.63, 3.8) is 0 Å². The van der Waals surface area contributed by atoms with Crippen molar-refractivity contribution in [1.29, 1.82) is 0 Å². The maximum absolute atomic E-state index is 9.81. The van der Waals surface area contributed by atoms with Crippen molar-refractivity contribution in [2.75, 3.05) is 0 Å². The predicted octanol–water partition coefficient (Wildman–Crippen LogP) is 4.88. The zero-order valence-corrected chi connectivity index (χ0v) is 11.9. The average molecular weight is 308 g/mol. The van der Waals surface area contributed by atoms with Crippen LogP contribution in [0.15, 0.2) is 65.7 Å². The first-order valence-corrected chi connectivity index (χ1v) is 6.52. The van der Waals surface area contributed by atoms with E-state index < -0.39 is 0 Å². The van der Waals surface area contributed by atoms with Crippen LogP contribution in [0.2, 0.25) is 10.0 Å². The van der Waals surface area contributed by atoms with E-state index in [1.807, 2.05) is 47.3 Å². The van der Waals surface area contributed by atoms with Gasteiger partial charge in [-0.1, -0.05) is 29.3 Å². The Hall–Kier alpha value is -1.97. The van der Waals surface area contributed by atoms with Crippen molar-refractivity contribution in [3.05, 3.63) is 76.9 Å². The second kappa shape index (κ2) is 6.98. The molecule has 0 amide bonds. The van der Waals surface area contributed by atoms with E-state index in [0.29, 0.717) is 15.6 Å². The number of aldehydes is 1. The molecule has 0 saturated carbocycles. The van der Waals surface area contributed by atoms with Crippen molar-refractivity contribution in [2.45, 2.75) is 0 Å². The summed E-state index contributed by atoms with van der Waals surface area (Å²) in [5, 5.41) is 1.31. The lowest BCUT2D eigenvalue weighted by Crippen LogP contribution is -1.91. The number of carbonyl (C=O) groups excluding carboxylic acids is 1. The third kappa shape index (κ3) is 3.53. The fourth-order valence-corrected chi connectivity index (χ4v) is 2.15. The van der Waals surface area contributed by atoms with E-state index in [2.05, 4.69) is 4.42 Å². The molecule has 3 nitrogen and oxygen atoms in total. The van der Waals surface area contributed by atoms with E-state index in [0.717, 1.165) is 12.0 Å². The van der Waals surface area contributed by atoms with Crippen LogP contribution in [-0.4, -0.2) is 10.9 Å². The largest absolute Gasteiger partial charge is 0.472 e. The third-order valence-corrected chi connectivity index (χ3v) is 3.09. The summed E-state index contributed by atoms with van der Waals surface area (Å²) in [4.78, 5) is 9.81. The number of rotatable bonds is 2. The minimum atomic E-state index is 0.583. The molecule has 0 spiro atoms. The number of para-hydroxylation sites is 1. The van der Waals surface area contributed by atoms with Gasteiger partial charge in [0.1, 0.15) is 6.26 Å². The van der Waals surface area contributed by atoms with Crippen molar-refractivity contribution in [1.82, 2.24) is 4.57 Å². The molecule has 3 aromatic rings. The van der Waals surface area contributed by atoms with Gasteiger partial charge in [0.25, 0.3) is 0 Å². The van der Waals surface area contributed by atoms with Crippen LogP contribution in [0.25, 0.3) is 5.69 Å². The molecular weight excluding hydrogens is 297 g/mol. The second-order valence-corrected chi connectivity index (χ2v) is 4.65. The first-order valence-electron chi connectivity index (χ1n) is 5.77. The van der Waals surface area contributed by atoms with Crippen molar-refractivity contribution in [2.24, 2.45) is 0 Å². The van der Waals surface area contributed by atoms with Gasteiger partial charge in [-0.15, -0.1) is 0 Å². The molecule has 2 aromatic heterocycles. The average Bonchev–Trinajstić information content (AvgIpc) is 3.13. The summed E-state index contributed by atoms with van der Waals surface area (Å²) in [6, 6.07) is 10.9. The molecule has 1 aromatic carbocycles. The van der Waals surface area contributed by atoms with E-state index in [1.165, 1.54) is 12.5 Å². The van der Waals surface area contributed by atoms with E-state index in [9.17, 15) is 4.79 Å². The summed E-state index contributed by atoms with van der Waals surface area (Å²) in [6.45, 7) is 0. The quantitative estimate of drug-likeness (QED) is 0.633. The number of hydrogen-bond donors (Lipinski definition) is 0. The van der Waals surface area contributed by atoms with Gasteiger partial charge in [-0.25, -0.2) is 0 Å². The minimum Gasteiger partial charge on any atom is -0.472 e. The summed E-state index contributed by atoms with van der Waals surface area (Å²) in [7, 11) is 0. The Kier molecular flexibility index (Phi) is 5.04. The third-order valence-electron chi connectivity index (χ3n) is 2.48. The van der Waals surface area contributed by atoms with Crippen molar-refractivity contribution < 1.29 is 9.21 Å². The molecule has 5 heteroatoms. The molecule has 0 fully saturated rings. The van der Waals surface area contributed by atoms with Crippen LogP contribution in [0, 0.1) is 0 Å². The van der Waals surface area contributed by atoms with E-state index >= 15 is 0 Å².